The van der Waals surface area contributed by atoms with Gasteiger partial charge in [0.2, 0.25) is 0 Å². The van der Waals surface area contributed by atoms with Crippen LogP contribution in [0.2, 0.25) is 0 Å². The van der Waals surface area contributed by atoms with Gasteiger partial charge in [0.05, 0.1) is 0 Å². The molecule has 0 aliphatic carbocycles. The monoisotopic (exact) mass is 408 g/mol. The van der Waals surface area contributed by atoms with Crippen LogP contribution in [0.5, 0.6) is 0 Å². The van der Waals surface area contributed by atoms with Crippen LogP contribution in [0.3, 0.4) is 0 Å². The van der Waals surface area contributed by atoms with E-state index in [1.807, 2.05) is 0 Å². The first kappa shape index (κ1) is 22.2. The van der Waals surface area contributed by atoms with Gasteiger partial charge in [-0.25, -0.2) is 8.78 Å². The van der Waals surface area contributed by atoms with E-state index < -0.39 is 45.5 Å². The Hall–Kier alpha value is -0.770. The van der Waals surface area contributed by atoms with Gasteiger partial charge in [0.15, 0.2) is 10.8 Å². The van der Waals surface area contributed by atoms with Crippen LogP contribution in [-0.2, 0) is 0 Å². The molecule has 0 aromatic carbocycles. The minimum atomic E-state index is -9.83. The molecule has 0 unspecified atom stereocenters. The van der Waals surface area contributed by atoms with E-state index in [9.17, 15) is 69.2 Å². The molecule has 0 spiro atoms. The molecule has 0 nitrogen and oxygen atoms in total. The van der Waals surface area contributed by atoms with Crippen molar-refractivity contribution in [3.05, 3.63) is 0 Å². The van der Waals surface area contributed by atoms with Crippen molar-refractivity contribution in [3.63, 3.8) is 0 Å². The fourth-order valence-corrected chi connectivity index (χ4v) is 2.65. The van der Waals surface area contributed by atoms with Gasteiger partial charge >= 0.3 is 34.7 Å². The molecule has 0 heterocycles. The van der Waals surface area contributed by atoms with E-state index in [1.165, 1.54) is 0 Å². The Bertz CT molecular complexity index is 363. The minimum absolute atomic E-state index is 8.03. The lowest BCUT2D eigenvalue weighted by atomic mass is 10.3. The molecule has 0 bridgehead atoms. The van der Waals surface area contributed by atoms with Crippen molar-refractivity contribution in [2.75, 3.05) is 0 Å². The van der Waals surface area contributed by atoms with Crippen LogP contribution >= 0.6 is 10.8 Å². The summed E-state index contributed by atoms with van der Waals surface area (Å²) in [6.45, 7) is 0. The lowest BCUT2D eigenvalue weighted by Gasteiger charge is -2.46. The van der Waals surface area contributed by atoms with Gasteiger partial charge in [0.1, 0.15) is 0 Å². The van der Waals surface area contributed by atoms with Crippen molar-refractivity contribution in [3.8, 4) is 0 Å². The molecule has 0 atom stereocenters. The van der Waals surface area contributed by atoms with E-state index in [0.717, 1.165) is 0 Å². The van der Waals surface area contributed by atoms with Gasteiger partial charge in [-0.15, -0.1) is 7.77 Å². The Morgan fingerprint density at radius 1 is 0.348 bits per heavy atom. The average molecular weight is 408 g/mol. The Labute approximate surface area is 116 Å². The van der Waals surface area contributed by atoms with Gasteiger partial charge in [0, 0.05) is 0 Å². The molecular formula is C6F16S. The SMILES string of the molecule is FC(F)(F)C(F)(C(F)(F)F)S(F)(F)C(F)(C(F)(F)F)C(F)(F)F. The maximum atomic E-state index is 13.0. The molecule has 17 heteroatoms. The smallest absolute Gasteiger partial charge is 0.207 e. The van der Waals surface area contributed by atoms with E-state index in [1.54, 1.807) is 0 Å². The van der Waals surface area contributed by atoms with Gasteiger partial charge in [-0.05, 0) is 0 Å². The minimum Gasteiger partial charge on any atom is -0.207 e. The second-order valence-corrected chi connectivity index (χ2v) is 5.71. The lowest BCUT2D eigenvalue weighted by molar-refractivity contribution is -0.326. The summed E-state index contributed by atoms with van der Waals surface area (Å²) in [4.78, 5) is 0. The van der Waals surface area contributed by atoms with Crippen LogP contribution in [0.1, 0.15) is 0 Å². The summed E-state index contributed by atoms with van der Waals surface area (Å²) in [5.74, 6) is 0. The number of halogens is 16. The molecule has 0 aliphatic rings. The van der Waals surface area contributed by atoms with Gasteiger partial charge in [0.25, 0.3) is 0 Å². The van der Waals surface area contributed by atoms with Crippen molar-refractivity contribution in [2.45, 2.75) is 34.7 Å². The third kappa shape index (κ3) is 2.77. The number of hydrogen-bond donors (Lipinski definition) is 0. The Balaban J connectivity index is 6.94. The predicted octanol–water partition coefficient (Wildman–Crippen LogP) is 6.14. The zero-order valence-corrected chi connectivity index (χ0v) is 10.3. The van der Waals surface area contributed by atoms with Crippen LogP contribution in [0, 0.1) is 0 Å². The highest BCUT2D eigenvalue weighted by molar-refractivity contribution is 8.27. The summed E-state index contributed by atoms with van der Waals surface area (Å²) < 4.78 is 195. The maximum absolute atomic E-state index is 13.0. The largest absolute Gasteiger partial charge is 0.445 e. The Kier molecular flexibility index (Phi) is 4.94. The predicted molar refractivity (Wildman–Crippen MR) is 41.7 cm³/mol. The molecule has 0 saturated heterocycles. The molecule has 0 rings (SSSR count). The first-order valence-corrected chi connectivity index (χ1v) is 5.80. The zero-order valence-electron chi connectivity index (χ0n) is 9.46. The molecule has 23 heavy (non-hydrogen) atoms. The van der Waals surface area contributed by atoms with Gasteiger partial charge in [-0.3, -0.25) is 0 Å². The van der Waals surface area contributed by atoms with E-state index in [0.29, 0.717) is 0 Å². The third-order valence-electron chi connectivity index (χ3n) is 2.16. The second-order valence-electron chi connectivity index (χ2n) is 3.65. The van der Waals surface area contributed by atoms with E-state index in [-0.39, 0.29) is 0 Å². The van der Waals surface area contributed by atoms with E-state index >= 15 is 0 Å². The number of alkyl halides is 14. The van der Waals surface area contributed by atoms with Crippen LogP contribution < -0.4 is 0 Å². The zero-order chi connectivity index (χ0) is 19.5. The van der Waals surface area contributed by atoms with Crippen molar-refractivity contribution < 1.29 is 69.2 Å². The average Bonchev–Trinajstić information content (AvgIpc) is 2.19. The Morgan fingerprint density at radius 2 is 0.478 bits per heavy atom. The highest BCUT2D eigenvalue weighted by atomic mass is 32.3. The van der Waals surface area contributed by atoms with Crippen LogP contribution in [-0.4, -0.2) is 34.7 Å². The first-order valence-electron chi connectivity index (χ1n) is 4.36. The molecule has 0 amide bonds. The topological polar surface area (TPSA) is 0 Å². The van der Waals surface area contributed by atoms with Gasteiger partial charge in [-0.1, -0.05) is 0 Å². The molecule has 0 fully saturated rings. The quantitative estimate of drug-likeness (QED) is 0.482. The summed E-state index contributed by atoms with van der Waals surface area (Å²) in [6, 6.07) is 0. The molecule has 0 N–H and O–H groups in total. The lowest BCUT2D eigenvalue weighted by Crippen LogP contribution is -2.65. The second kappa shape index (κ2) is 5.11. The van der Waals surface area contributed by atoms with Crippen molar-refractivity contribution in [1.29, 1.82) is 0 Å². The van der Waals surface area contributed by atoms with Crippen LogP contribution in [0.25, 0.3) is 0 Å². The normalized spacial score (nSPS) is 17.4. The summed E-state index contributed by atoms with van der Waals surface area (Å²) >= 11 is 0. The fourth-order valence-electron chi connectivity index (χ4n) is 1.10. The standard InChI is InChI=1S/C6F16S/c7-1(3(9,10)11,4(12,13)14)23(21,22)2(8,5(15,16)17)6(18,19)20. The third-order valence-corrected chi connectivity index (χ3v) is 4.50. The molecule has 0 saturated carbocycles. The summed E-state index contributed by atoms with van der Waals surface area (Å²) in [6.07, 6.45) is -32.1. The molecular weight excluding hydrogens is 408 g/mol. The van der Waals surface area contributed by atoms with Crippen molar-refractivity contribution in [2.24, 2.45) is 0 Å². The highest BCUT2D eigenvalue weighted by Crippen LogP contribution is 2.84. The maximum Gasteiger partial charge on any atom is 0.445 e. The van der Waals surface area contributed by atoms with Gasteiger partial charge in [-0.2, -0.15) is 52.7 Å². The number of hydrogen-bond acceptors (Lipinski definition) is 0. The van der Waals surface area contributed by atoms with E-state index in [2.05, 4.69) is 0 Å². The fraction of sp³-hybridized carbons (Fsp3) is 1.00. The summed E-state index contributed by atoms with van der Waals surface area (Å²) in [7, 11) is -9.83. The molecule has 0 aromatic heterocycles. The first-order chi connectivity index (χ1) is 9.50. The van der Waals surface area contributed by atoms with Gasteiger partial charge < -0.3 is 0 Å². The molecule has 142 valence electrons. The molecule has 0 aliphatic heterocycles. The van der Waals surface area contributed by atoms with E-state index in [4.69, 9.17) is 0 Å². The summed E-state index contributed by atoms with van der Waals surface area (Å²) in [5, 5.41) is -16.8. The van der Waals surface area contributed by atoms with Crippen molar-refractivity contribution in [1.82, 2.24) is 0 Å². The van der Waals surface area contributed by atoms with Crippen molar-refractivity contribution >= 4 is 10.8 Å². The highest BCUT2D eigenvalue weighted by Gasteiger charge is 2.95. The molecule has 0 aromatic rings. The molecule has 0 radical (unpaired) electrons. The Morgan fingerprint density at radius 3 is 0.565 bits per heavy atom. The van der Waals surface area contributed by atoms with Crippen LogP contribution in [0.4, 0.5) is 69.2 Å². The van der Waals surface area contributed by atoms with Crippen LogP contribution in [0.15, 0.2) is 0 Å². The number of rotatable bonds is 2. The summed E-state index contributed by atoms with van der Waals surface area (Å²) in [5.41, 5.74) is 0.